The first-order valence-corrected chi connectivity index (χ1v) is 10.9. The van der Waals surface area contributed by atoms with Crippen LogP contribution in [0.2, 0.25) is 0 Å². The topological polar surface area (TPSA) is 49.4 Å². The van der Waals surface area contributed by atoms with E-state index >= 15 is 0 Å². The largest absolute Gasteiger partial charge is 0.349 e. The second kappa shape index (κ2) is 10.4. The number of hydrogen-bond acceptors (Lipinski definition) is 2. The molecule has 1 atom stereocenters. The lowest BCUT2D eigenvalue weighted by atomic mass is 9.94. The van der Waals surface area contributed by atoms with Gasteiger partial charge in [-0.25, -0.2) is 0 Å². The molecule has 0 aliphatic carbocycles. The molecule has 5 heteroatoms. The van der Waals surface area contributed by atoms with E-state index in [4.69, 9.17) is 0 Å². The fraction of sp³-hybridized carbons (Fsp3) is 0.333. The molecule has 2 aromatic carbocycles. The van der Waals surface area contributed by atoms with E-state index in [0.717, 1.165) is 22.0 Å². The van der Waals surface area contributed by atoms with Gasteiger partial charge >= 0.3 is 0 Å². The molecule has 0 radical (unpaired) electrons. The number of likely N-dealkylation sites (tertiary alicyclic amines) is 1. The lowest BCUT2D eigenvalue weighted by Gasteiger charge is -2.31. The first kappa shape index (κ1) is 21.3. The molecule has 0 unspecified atom stereocenters. The van der Waals surface area contributed by atoms with Crippen LogP contribution in [0.4, 0.5) is 0 Å². The molecule has 0 aromatic heterocycles. The summed E-state index contributed by atoms with van der Waals surface area (Å²) >= 11 is 3.45. The monoisotopic (exact) mass is 454 g/mol. The first-order valence-electron chi connectivity index (χ1n) is 10.1. The minimum Gasteiger partial charge on any atom is -0.349 e. The van der Waals surface area contributed by atoms with Crippen molar-refractivity contribution in [2.24, 2.45) is 5.92 Å². The Hall–Kier alpha value is -2.40. The van der Waals surface area contributed by atoms with Gasteiger partial charge in [-0.3, -0.25) is 9.59 Å². The number of piperidine rings is 1. The van der Waals surface area contributed by atoms with Crippen molar-refractivity contribution in [3.63, 3.8) is 0 Å². The number of benzene rings is 2. The van der Waals surface area contributed by atoms with Crippen molar-refractivity contribution in [1.29, 1.82) is 0 Å². The molecule has 152 valence electrons. The first-order chi connectivity index (χ1) is 14.1. The Morgan fingerprint density at radius 3 is 2.38 bits per heavy atom. The number of nitrogens with zero attached hydrogens (tertiary/aromatic N) is 1. The summed E-state index contributed by atoms with van der Waals surface area (Å²) < 4.78 is 1.03. The summed E-state index contributed by atoms with van der Waals surface area (Å²) in [6, 6.07) is 17.9. The molecule has 1 fully saturated rings. The van der Waals surface area contributed by atoms with E-state index in [2.05, 4.69) is 28.2 Å². The average Bonchev–Trinajstić information content (AvgIpc) is 2.77. The van der Waals surface area contributed by atoms with E-state index in [0.29, 0.717) is 25.9 Å². The van der Waals surface area contributed by atoms with Crippen LogP contribution in [-0.2, 0) is 9.59 Å². The van der Waals surface area contributed by atoms with E-state index in [1.54, 1.807) is 6.08 Å². The van der Waals surface area contributed by atoms with Crippen molar-refractivity contribution in [1.82, 2.24) is 10.2 Å². The van der Waals surface area contributed by atoms with Gasteiger partial charge in [0, 0.05) is 29.6 Å². The molecule has 0 saturated carbocycles. The maximum atomic E-state index is 12.8. The van der Waals surface area contributed by atoms with Crippen molar-refractivity contribution in [3.05, 3.63) is 76.3 Å². The molecule has 2 amide bonds. The molecule has 2 aromatic rings. The van der Waals surface area contributed by atoms with Crippen LogP contribution < -0.4 is 5.32 Å². The number of carbonyl (C=O) groups excluding carboxylic acids is 2. The van der Waals surface area contributed by atoms with Crippen LogP contribution in [0, 0.1) is 5.92 Å². The number of nitrogens with one attached hydrogen (secondary N) is 1. The van der Waals surface area contributed by atoms with E-state index in [-0.39, 0.29) is 23.8 Å². The minimum absolute atomic E-state index is 0.00834. The van der Waals surface area contributed by atoms with Crippen molar-refractivity contribution in [2.45, 2.75) is 32.2 Å². The van der Waals surface area contributed by atoms with Gasteiger partial charge in [0.25, 0.3) is 0 Å². The summed E-state index contributed by atoms with van der Waals surface area (Å²) in [6.45, 7) is 3.31. The Kier molecular flexibility index (Phi) is 7.64. The average molecular weight is 455 g/mol. The highest BCUT2D eigenvalue weighted by Gasteiger charge is 2.27. The Labute approximate surface area is 181 Å². The molecule has 1 N–H and O–H groups in total. The van der Waals surface area contributed by atoms with Crippen LogP contribution in [0.1, 0.15) is 43.4 Å². The summed E-state index contributed by atoms with van der Waals surface area (Å²) in [4.78, 5) is 27.0. The normalized spacial score (nSPS) is 16.0. The molecule has 3 rings (SSSR count). The number of halogens is 1. The summed E-state index contributed by atoms with van der Waals surface area (Å²) in [5.74, 6) is 0.0577. The Morgan fingerprint density at radius 1 is 1.10 bits per heavy atom. The quantitative estimate of drug-likeness (QED) is 0.626. The second-order valence-corrected chi connectivity index (χ2v) is 8.28. The van der Waals surface area contributed by atoms with E-state index < -0.39 is 0 Å². The molecule has 1 aliphatic rings. The molecule has 4 nitrogen and oxygen atoms in total. The van der Waals surface area contributed by atoms with Gasteiger partial charge in [-0.2, -0.15) is 0 Å². The Bertz CT molecular complexity index is 841. The third-order valence-corrected chi connectivity index (χ3v) is 5.92. The summed E-state index contributed by atoms with van der Waals surface area (Å²) in [5.41, 5.74) is 2.12. The van der Waals surface area contributed by atoms with Gasteiger partial charge in [0.15, 0.2) is 0 Å². The summed E-state index contributed by atoms with van der Waals surface area (Å²) in [7, 11) is 0. The zero-order valence-electron chi connectivity index (χ0n) is 16.7. The third-order valence-electron chi connectivity index (χ3n) is 5.39. The van der Waals surface area contributed by atoms with E-state index in [1.807, 2.05) is 65.6 Å². The van der Waals surface area contributed by atoms with E-state index in [9.17, 15) is 9.59 Å². The smallest absolute Gasteiger partial charge is 0.246 e. The van der Waals surface area contributed by atoms with Crippen LogP contribution >= 0.6 is 15.9 Å². The molecule has 0 spiro atoms. The standard InChI is InChI=1S/C24H27BrN2O2/c1-2-22(19-9-11-21(25)12-10-19)26-24(29)20-14-16-27(17-15-20)23(28)13-8-18-6-4-3-5-7-18/h3-13,20,22H,2,14-17H2,1H3,(H,26,29)/b13-8-/t22-/m0/s1. The highest BCUT2D eigenvalue weighted by molar-refractivity contribution is 9.10. The maximum Gasteiger partial charge on any atom is 0.246 e. The molecule has 0 bridgehead atoms. The van der Waals surface area contributed by atoms with Gasteiger partial charge in [0.1, 0.15) is 0 Å². The number of rotatable bonds is 6. The molecule has 1 aliphatic heterocycles. The summed E-state index contributed by atoms with van der Waals surface area (Å²) in [6.07, 6.45) is 5.71. The minimum atomic E-state index is -0.0401. The fourth-order valence-electron chi connectivity index (χ4n) is 3.60. The number of carbonyl (C=O) groups is 2. The highest BCUT2D eigenvalue weighted by atomic mass is 79.9. The predicted molar refractivity (Wildman–Crippen MR) is 120 cm³/mol. The third kappa shape index (κ3) is 6.04. The molecular weight excluding hydrogens is 428 g/mol. The molecule has 1 heterocycles. The zero-order valence-corrected chi connectivity index (χ0v) is 18.3. The maximum absolute atomic E-state index is 12.8. The SMILES string of the molecule is CC[C@H](NC(=O)C1CCN(C(=O)/C=C\c2ccccc2)CC1)c1ccc(Br)cc1. The van der Waals surface area contributed by atoms with Gasteiger partial charge in [-0.05, 0) is 48.6 Å². The molecule has 29 heavy (non-hydrogen) atoms. The number of amides is 2. The molecular formula is C24H27BrN2O2. The zero-order chi connectivity index (χ0) is 20.6. The van der Waals surface area contributed by atoms with Gasteiger partial charge in [0.05, 0.1) is 6.04 Å². The van der Waals surface area contributed by atoms with Crippen LogP contribution in [-0.4, -0.2) is 29.8 Å². The van der Waals surface area contributed by atoms with Crippen molar-refractivity contribution in [2.75, 3.05) is 13.1 Å². The predicted octanol–water partition coefficient (Wildman–Crippen LogP) is 4.97. The van der Waals surface area contributed by atoms with Gasteiger partial charge in [-0.1, -0.05) is 65.3 Å². The van der Waals surface area contributed by atoms with Crippen molar-refractivity contribution >= 4 is 33.8 Å². The number of hydrogen-bond donors (Lipinski definition) is 1. The van der Waals surface area contributed by atoms with Gasteiger partial charge in [-0.15, -0.1) is 0 Å². The lowest BCUT2D eigenvalue weighted by Crippen LogP contribution is -2.43. The van der Waals surface area contributed by atoms with Crippen LogP contribution in [0.25, 0.3) is 6.08 Å². The summed E-state index contributed by atoms with van der Waals surface area (Å²) in [5, 5.41) is 3.19. The van der Waals surface area contributed by atoms with E-state index in [1.165, 1.54) is 0 Å². The van der Waals surface area contributed by atoms with Crippen molar-refractivity contribution in [3.8, 4) is 0 Å². The van der Waals surface area contributed by atoms with Gasteiger partial charge < -0.3 is 10.2 Å². The second-order valence-electron chi connectivity index (χ2n) is 7.36. The molecule has 1 saturated heterocycles. The highest BCUT2D eigenvalue weighted by Crippen LogP contribution is 2.23. The Morgan fingerprint density at radius 2 is 1.76 bits per heavy atom. The lowest BCUT2D eigenvalue weighted by molar-refractivity contribution is -0.132. The van der Waals surface area contributed by atoms with Crippen LogP contribution in [0.15, 0.2) is 65.1 Å². The Balaban J connectivity index is 1.50. The van der Waals surface area contributed by atoms with Crippen LogP contribution in [0.5, 0.6) is 0 Å². The van der Waals surface area contributed by atoms with Crippen LogP contribution in [0.3, 0.4) is 0 Å². The van der Waals surface area contributed by atoms with Gasteiger partial charge in [0.2, 0.25) is 11.8 Å². The van der Waals surface area contributed by atoms with Crippen molar-refractivity contribution < 1.29 is 9.59 Å². The fourth-order valence-corrected chi connectivity index (χ4v) is 3.87.